The van der Waals surface area contributed by atoms with Crippen LogP contribution in [0.25, 0.3) is 27.8 Å². The van der Waals surface area contributed by atoms with E-state index in [0.29, 0.717) is 10.9 Å². The second-order valence-corrected chi connectivity index (χ2v) is 6.88. The Morgan fingerprint density at radius 2 is 1.50 bits per heavy atom. The van der Waals surface area contributed by atoms with E-state index in [0.717, 1.165) is 32.8 Å². The van der Waals surface area contributed by atoms with Crippen LogP contribution in [-0.4, -0.2) is 20.8 Å². The second-order valence-electron chi connectivity index (χ2n) is 6.88. The standard InChI is InChI=1S/C22H21N3O3/c1-14-5-9-16(10-6-14)25-13-18-19(21(26)24(3)22(27)23(18)2)20(25)15-7-11-17(28-4)12-8-15/h5-13H,1-4H3. The molecular weight excluding hydrogens is 354 g/mol. The summed E-state index contributed by atoms with van der Waals surface area (Å²) in [6.07, 6.45) is 1.85. The molecule has 0 unspecified atom stereocenters. The number of aryl methyl sites for hydroxylation is 2. The van der Waals surface area contributed by atoms with Crippen LogP contribution in [0.5, 0.6) is 5.75 Å². The fourth-order valence-electron chi connectivity index (χ4n) is 3.48. The van der Waals surface area contributed by atoms with Crippen molar-refractivity contribution in [1.82, 2.24) is 13.7 Å². The number of fused-ring (bicyclic) bond motifs is 1. The number of rotatable bonds is 3. The van der Waals surface area contributed by atoms with Crippen molar-refractivity contribution in [3.8, 4) is 22.7 Å². The van der Waals surface area contributed by atoms with E-state index in [9.17, 15) is 9.59 Å². The van der Waals surface area contributed by atoms with Crippen molar-refractivity contribution >= 4 is 10.9 Å². The summed E-state index contributed by atoms with van der Waals surface area (Å²) in [7, 11) is 4.80. The van der Waals surface area contributed by atoms with Crippen LogP contribution in [0.1, 0.15) is 5.56 Å². The normalized spacial score (nSPS) is 11.1. The molecule has 0 spiro atoms. The van der Waals surface area contributed by atoms with E-state index in [1.807, 2.05) is 66.2 Å². The van der Waals surface area contributed by atoms with Crippen molar-refractivity contribution in [2.75, 3.05) is 7.11 Å². The van der Waals surface area contributed by atoms with E-state index in [1.165, 1.54) is 11.6 Å². The first-order chi connectivity index (χ1) is 13.4. The highest BCUT2D eigenvalue weighted by molar-refractivity contribution is 5.94. The monoisotopic (exact) mass is 375 g/mol. The van der Waals surface area contributed by atoms with Crippen LogP contribution in [0, 0.1) is 6.92 Å². The van der Waals surface area contributed by atoms with Gasteiger partial charge in [0.2, 0.25) is 0 Å². The molecule has 0 aliphatic carbocycles. The number of benzene rings is 2. The summed E-state index contributed by atoms with van der Waals surface area (Å²) in [5.74, 6) is 0.738. The molecular formula is C22H21N3O3. The summed E-state index contributed by atoms with van der Waals surface area (Å²) in [6.45, 7) is 2.03. The van der Waals surface area contributed by atoms with E-state index < -0.39 is 0 Å². The lowest BCUT2D eigenvalue weighted by Gasteiger charge is -2.11. The van der Waals surface area contributed by atoms with Gasteiger partial charge in [0, 0.05) is 26.0 Å². The Hall–Kier alpha value is -3.54. The van der Waals surface area contributed by atoms with Gasteiger partial charge in [0.25, 0.3) is 5.56 Å². The number of hydrogen-bond donors (Lipinski definition) is 0. The van der Waals surface area contributed by atoms with Gasteiger partial charge in [-0.1, -0.05) is 17.7 Å². The fraction of sp³-hybridized carbons (Fsp3) is 0.182. The Morgan fingerprint density at radius 1 is 0.857 bits per heavy atom. The molecule has 0 N–H and O–H groups in total. The van der Waals surface area contributed by atoms with Crippen LogP contribution >= 0.6 is 0 Å². The third-order valence-electron chi connectivity index (χ3n) is 5.11. The van der Waals surface area contributed by atoms with E-state index in [-0.39, 0.29) is 11.2 Å². The van der Waals surface area contributed by atoms with Crippen LogP contribution in [0.2, 0.25) is 0 Å². The predicted molar refractivity (Wildman–Crippen MR) is 110 cm³/mol. The summed E-state index contributed by atoms with van der Waals surface area (Å²) >= 11 is 0. The average molecular weight is 375 g/mol. The van der Waals surface area contributed by atoms with Gasteiger partial charge >= 0.3 is 5.69 Å². The number of ether oxygens (including phenoxy) is 1. The van der Waals surface area contributed by atoms with Crippen LogP contribution in [-0.2, 0) is 14.1 Å². The highest BCUT2D eigenvalue weighted by Crippen LogP contribution is 2.32. The summed E-state index contributed by atoms with van der Waals surface area (Å²) < 4.78 is 9.88. The summed E-state index contributed by atoms with van der Waals surface area (Å²) in [5.41, 5.74) is 3.62. The van der Waals surface area contributed by atoms with Gasteiger partial charge < -0.3 is 9.30 Å². The molecule has 2 heterocycles. The lowest BCUT2D eigenvalue weighted by Crippen LogP contribution is -2.36. The molecule has 6 heteroatoms. The maximum atomic E-state index is 13.0. The maximum Gasteiger partial charge on any atom is 0.330 e. The number of hydrogen-bond acceptors (Lipinski definition) is 3. The molecule has 2 aromatic heterocycles. The van der Waals surface area contributed by atoms with Crippen LogP contribution < -0.4 is 16.0 Å². The van der Waals surface area contributed by atoms with Crippen LogP contribution in [0.15, 0.2) is 64.3 Å². The molecule has 0 fully saturated rings. The Morgan fingerprint density at radius 3 is 2.11 bits per heavy atom. The van der Waals surface area contributed by atoms with Gasteiger partial charge in [0.15, 0.2) is 0 Å². The minimum absolute atomic E-state index is 0.310. The maximum absolute atomic E-state index is 13.0. The van der Waals surface area contributed by atoms with Gasteiger partial charge in [-0.15, -0.1) is 0 Å². The Bertz CT molecular complexity index is 1290. The van der Waals surface area contributed by atoms with Gasteiger partial charge in [-0.2, -0.15) is 0 Å². The average Bonchev–Trinajstić information content (AvgIpc) is 3.12. The molecule has 0 amide bonds. The first kappa shape index (κ1) is 17.9. The van der Waals surface area contributed by atoms with Crippen molar-refractivity contribution in [2.24, 2.45) is 14.1 Å². The van der Waals surface area contributed by atoms with Gasteiger partial charge in [0.1, 0.15) is 5.75 Å². The van der Waals surface area contributed by atoms with Gasteiger partial charge in [0.05, 0.1) is 23.7 Å². The Balaban J connectivity index is 2.14. The van der Waals surface area contributed by atoms with Crippen molar-refractivity contribution in [2.45, 2.75) is 6.92 Å². The van der Waals surface area contributed by atoms with E-state index in [1.54, 1.807) is 14.2 Å². The molecule has 6 nitrogen and oxygen atoms in total. The smallest absolute Gasteiger partial charge is 0.330 e. The molecule has 0 bridgehead atoms. The minimum atomic E-state index is -0.347. The third-order valence-corrected chi connectivity index (χ3v) is 5.11. The summed E-state index contributed by atoms with van der Waals surface area (Å²) in [5, 5.41) is 0.510. The minimum Gasteiger partial charge on any atom is -0.497 e. The number of methoxy groups -OCH3 is 1. The molecule has 0 saturated heterocycles. The summed E-state index contributed by atoms with van der Waals surface area (Å²) in [4.78, 5) is 25.5. The first-order valence-corrected chi connectivity index (χ1v) is 8.95. The number of nitrogens with zero attached hydrogens (tertiary/aromatic N) is 3. The van der Waals surface area contributed by atoms with E-state index >= 15 is 0 Å². The van der Waals surface area contributed by atoms with Crippen molar-refractivity contribution < 1.29 is 4.74 Å². The van der Waals surface area contributed by atoms with Crippen molar-refractivity contribution in [1.29, 1.82) is 0 Å². The molecule has 0 aliphatic rings. The van der Waals surface area contributed by atoms with Crippen LogP contribution in [0.3, 0.4) is 0 Å². The molecule has 4 aromatic rings. The topological polar surface area (TPSA) is 58.2 Å². The quantitative estimate of drug-likeness (QED) is 0.553. The predicted octanol–water partition coefficient (Wildman–Crippen LogP) is 3.01. The number of aromatic nitrogens is 3. The molecule has 0 aliphatic heterocycles. The van der Waals surface area contributed by atoms with Crippen molar-refractivity contribution in [3.63, 3.8) is 0 Å². The largest absolute Gasteiger partial charge is 0.497 e. The van der Waals surface area contributed by atoms with E-state index in [4.69, 9.17) is 4.74 Å². The lowest BCUT2D eigenvalue weighted by atomic mass is 10.1. The molecule has 0 radical (unpaired) electrons. The van der Waals surface area contributed by atoms with Gasteiger partial charge in [-0.3, -0.25) is 13.9 Å². The zero-order valence-corrected chi connectivity index (χ0v) is 16.3. The van der Waals surface area contributed by atoms with Gasteiger partial charge in [-0.05, 0) is 48.9 Å². The SMILES string of the molecule is COc1ccc(-c2c3c(=O)n(C)c(=O)n(C)c3cn2-c2ccc(C)cc2)cc1. The molecule has 4 rings (SSSR count). The Kier molecular flexibility index (Phi) is 4.19. The third kappa shape index (κ3) is 2.65. The van der Waals surface area contributed by atoms with Crippen LogP contribution in [0.4, 0.5) is 0 Å². The molecule has 142 valence electrons. The zero-order chi connectivity index (χ0) is 20.0. The molecule has 2 aromatic carbocycles. The second kappa shape index (κ2) is 6.56. The fourth-order valence-corrected chi connectivity index (χ4v) is 3.48. The van der Waals surface area contributed by atoms with Gasteiger partial charge in [-0.25, -0.2) is 4.79 Å². The lowest BCUT2D eigenvalue weighted by molar-refractivity contribution is 0.415. The highest BCUT2D eigenvalue weighted by Gasteiger charge is 2.20. The first-order valence-electron chi connectivity index (χ1n) is 8.95. The molecule has 0 saturated carbocycles. The van der Waals surface area contributed by atoms with E-state index in [2.05, 4.69) is 0 Å². The highest BCUT2D eigenvalue weighted by atomic mass is 16.5. The molecule has 0 atom stereocenters. The molecule has 28 heavy (non-hydrogen) atoms. The van der Waals surface area contributed by atoms with Crippen molar-refractivity contribution in [3.05, 3.63) is 81.1 Å². The summed E-state index contributed by atoms with van der Waals surface area (Å²) in [6, 6.07) is 15.6. The zero-order valence-electron chi connectivity index (χ0n) is 16.3. The Labute approximate surface area is 161 Å².